The highest BCUT2D eigenvalue weighted by molar-refractivity contribution is 5.96. The summed E-state index contributed by atoms with van der Waals surface area (Å²) < 4.78 is 15.7. The van der Waals surface area contributed by atoms with Crippen molar-refractivity contribution < 1.29 is 23.3 Å². The number of nitrogens with zero attached hydrogens (tertiary/aromatic N) is 1. The first-order valence-corrected chi connectivity index (χ1v) is 8.55. The van der Waals surface area contributed by atoms with E-state index in [0.717, 1.165) is 11.0 Å². The predicted molar refractivity (Wildman–Crippen MR) is 101 cm³/mol. The van der Waals surface area contributed by atoms with E-state index in [1.165, 1.54) is 19.2 Å². The van der Waals surface area contributed by atoms with Crippen molar-refractivity contribution in [2.75, 3.05) is 7.11 Å². The van der Waals surface area contributed by atoms with Crippen LogP contribution < -0.4 is 5.32 Å². The van der Waals surface area contributed by atoms with Crippen LogP contribution in [-0.4, -0.2) is 24.1 Å². The molecule has 0 spiro atoms. The summed E-state index contributed by atoms with van der Waals surface area (Å²) in [6.45, 7) is 0.196. The average Bonchev–Trinajstić information content (AvgIpc) is 3.38. The predicted octanol–water partition coefficient (Wildman–Crippen LogP) is 3.80. The highest BCUT2D eigenvalue weighted by Gasteiger charge is 2.13. The van der Waals surface area contributed by atoms with Crippen LogP contribution in [0.3, 0.4) is 0 Å². The van der Waals surface area contributed by atoms with Crippen LogP contribution in [0.2, 0.25) is 0 Å². The second kappa shape index (κ2) is 7.40. The Morgan fingerprint density at radius 1 is 1.00 bits per heavy atom. The Morgan fingerprint density at radius 2 is 1.75 bits per heavy atom. The first-order valence-electron chi connectivity index (χ1n) is 8.55. The number of para-hydroxylation sites is 1. The molecule has 1 amide bonds. The van der Waals surface area contributed by atoms with Gasteiger partial charge in [-0.15, -0.1) is 0 Å². The van der Waals surface area contributed by atoms with Gasteiger partial charge in [-0.2, -0.15) is 0 Å². The zero-order valence-corrected chi connectivity index (χ0v) is 15.0. The van der Waals surface area contributed by atoms with Crippen molar-refractivity contribution in [3.63, 3.8) is 0 Å². The Morgan fingerprint density at radius 3 is 2.50 bits per heavy atom. The van der Waals surface area contributed by atoms with E-state index in [4.69, 9.17) is 8.94 Å². The molecule has 0 radical (unpaired) electrons. The fourth-order valence-electron chi connectivity index (χ4n) is 2.76. The van der Waals surface area contributed by atoms with Gasteiger partial charge in [0.25, 0.3) is 5.91 Å². The molecule has 0 aliphatic carbocycles. The van der Waals surface area contributed by atoms with Crippen molar-refractivity contribution in [2.24, 2.45) is 0 Å². The van der Waals surface area contributed by atoms with Gasteiger partial charge in [0.15, 0.2) is 5.76 Å². The molecule has 4 aromatic rings. The van der Waals surface area contributed by atoms with Crippen molar-refractivity contribution in [3.05, 3.63) is 77.5 Å². The summed E-state index contributed by atoms with van der Waals surface area (Å²) in [5.41, 5.74) is 2.13. The number of hydrogen-bond donors (Lipinski definition) is 1. The molecule has 0 unspecified atom stereocenters. The number of ether oxygens (including phenoxy) is 1. The zero-order valence-electron chi connectivity index (χ0n) is 15.0. The van der Waals surface area contributed by atoms with Crippen molar-refractivity contribution in [2.45, 2.75) is 6.54 Å². The number of hydrogen-bond acceptors (Lipinski definition) is 6. The Kier molecular flexibility index (Phi) is 4.63. The summed E-state index contributed by atoms with van der Waals surface area (Å²) >= 11 is 0. The monoisotopic (exact) mass is 376 g/mol. The normalized spacial score (nSPS) is 10.8. The molecule has 4 rings (SSSR count). The van der Waals surface area contributed by atoms with Crippen LogP contribution in [0.5, 0.6) is 0 Å². The summed E-state index contributed by atoms with van der Waals surface area (Å²) in [7, 11) is 1.31. The highest BCUT2D eigenvalue weighted by Crippen LogP contribution is 2.28. The van der Waals surface area contributed by atoms with Crippen LogP contribution in [0.15, 0.2) is 69.6 Å². The maximum atomic E-state index is 12.3. The third kappa shape index (κ3) is 3.50. The Hall–Kier alpha value is -3.87. The second-order valence-electron chi connectivity index (χ2n) is 6.08. The minimum Gasteiger partial charge on any atom is -0.465 e. The van der Waals surface area contributed by atoms with E-state index in [9.17, 15) is 9.59 Å². The van der Waals surface area contributed by atoms with Crippen LogP contribution >= 0.6 is 0 Å². The number of amides is 1. The summed E-state index contributed by atoms with van der Waals surface area (Å²) in [5, 5.41) is 7.70. The van der Waals surface area contributed by atoms with Crippen molar-refractivity contribution in [3.8, 4) is 11.5 Å². The number of rotatable bonds is 5. The first kappa shape index (κ1) is 17.5. The number of esters is 1. The number of nitrogens with one attached hydrogen (secondary N) is 1. The molecule has 0 saturated carbocycles. The van der Waals surface area contributed by atoms with Crippen LogP contribution in [0, 0.1) is 0 Å². The number of benzene rings is 2. The minimum absolute atomic E-state index is 0.196. The number of furan rings is 1. The molecule has 7 heteroatoms. The zero-order chi connectivity index (χ0) is 19.5. The smallest absolute Gasteiger partial charge is 0.337 e. The molecule has 0 bridgehead atoms. The number of carbonyl (C=O) groups excluding carboxylic acids is 2. The van der Waals surface area contributed by atoms with Crippen LogP contribution in [-0.2, 0) is 11.3 Å². The molecule has 0 saturated heterocycles. The molecular weight excluding hydrogens is 360 g/mol. The van der Waals surface area contributed by atoms with Gasteiger partial charge in [-0.3, -0.25) is 4.79 Å². The van der Waals surface area contributed by atoms with Gasteiger partial charge >= 0.3 is 5.97 Å². The lowest BCUT2D eigenvalue weighted by Crippen LogP contribution is -2.23. The molecule has 2 heterocycles. The molecule has 2 aromatic heterocycles. The van der Waals surface area contributed by atoms with Crippen molar-refractivity contribution in [1.29, 1.82) is 0 Å². The second-order valence-corrected chi connectivity index (χ2v) is 6.08. The molecule has 140 valence electrons. The maximum Gasteiger partial charge on any atom is 0.337 e. The van der Waals surface area contributed by atoms with Gasteiger partial charge in [0.2, 0.25) is 5.76 Å². The van der Waals surface area contributed by atoms with Crippen molar-refractivity contribution in [1.82, 2.24) is 10.5 Å². The van der Waals surface area contributed by atoms with Gasteiger partial charge < -0.3 is 19.0 Å². The van der Waals surface area contributed by atoms with Crippen molar-refractivity contribution >= 4 is 22.8 Å². The van der Waals surface area contributed by atoms with Gasteiger partial charge in [0.1, 0.15) is 11.3 Å². The quantitative estimate of drug-likeness (QED) is 0.532. The van der Waals surface area contributed by atoms with E-state index >= 15 is 0 Å². The van der Waals surface area contributed by atoms with E-state index < -0.39 is 5.97 Å². The highest BCUT2D eigenvalue weighted by atomic mass is 16.5. The number of carbonyl (C=O) groups is 2. The van der Waals surface area contributed by atoms with E-state index in [1.807, 2.05) is 30.3 Å². The SMILES string of the molecule is COC(=O)c1ccc(C(=O)NCc2cc(-c3cc4ccccc4o3)on2)cc1. The lowest BCUT2D eigenvalue weighted by Gasteiger charge is -2.04. The third-order valence-corrected chi connectivity index (χ3v) is 4.23. The summed E-state index contributed by atoms with van der Waals surface area (Å²) in [6, 6.07) is 17.4. The number of methoxy groups -OCH3 is 1. The molecular formula is C21H16N2O5. The van der Waals surface area contributed by atoms with Gasteiger partial charge in [0, 0.05) is 17.0 Å². The van der Waals surface area contributed by atoms with Gasteiger partial charge in [0.05, 0.1) is 19.2 Å². The summed E-state index contributed by atoms with van der Waals surface area (Å²) in [6.07, 6.45) is 0. The Bertz CT molecular complexity index is 1110. The molecule has 0 aliphatic rings. The molecule has 28 heavy (non-hydrogen) atoms. The minimum atomic E-state index is -0.451. The molecule has 0 aliphatic heterocycles. The molecule has 0 fully saturated rings. The number of aromatic nitrogens is 1. The standard InChI is InChI=1S/C21H16N2O5/c1-26-21(25)14-8-6-13(7-9-14)20(24)22-12-16-11-19(28-23-16)18-10-15-4-2-3-5-17(15)27-18/h2-11H,12H2,1H3,(H,22,24). The topological polar surface area (TPSA) is 94.6 Å². The first-order chi connectivity index (χ1) is 13.6. The summed E-state index contributed by atoms with van der Waals surface area (Å²) in [5.74, 6) is 0.324. The average molecular weight is 376 g/mol. The lowest BCUT2D eigenvalue weighted by molar-refractivity contribution is 0.0600. The number of fused-ring (bicyclic) bond motifs is 1. The molecule has 1 N–H and O–H groups in total. The van der Waals surface area contributed by atoms with E-state index in [2.05, 4.69) is 15.2 Å². The van der Waals surface area contributed by atoms with E-state index in [0.29, 0.717) is 28.3 Å². The van der Waals surface area contributed by atoms with Gasteiger partial charge in [-0.05, 0) is 36.4 Å². The van der Waals surface area contributed by atoms with E-state index in [-0.39, 0.29) is 12.5 Å². The maximum absolute atomic E-state index is 12.3. The van der Waals surface area contributed by atoms with Crippen LogP contribution in [0.1, 0.15) is 26.4 Å². The molecule has 7 nitrogen and oxygen atoms in total. The molecule has 2 aromatic carbocycles. The molecule has 0 atom stereocenters. The third-order valence-electron chi connectivity index (χ3n) is 4.23. The fraction of sp³-hybridized carbons (Fsp3) is 0.0952. The van der Waals surface area contributed by atoms with Gasteiger partial charge in [-0.25, -0.2) is 4.79 Å². The van der Waals surface area contributed by atoms with Gasteiger partial charge in [-0.1, -0.05) is 23.4 Å². The summed E-state index contributed by atoms with van der Waals surface area (Å²) in [4.78, 5) is 23.7. The lowest BCUT2D eigenvalue weighted by atomic mass is 10.1. The fourth-order valence-corrected chi connectivity index (χ4v) is 2.76. The van der Waals surface area contributed by atoms with E-state index in [1.54, 1.807) is 18.2 Å². The largest absolute Gasteiger partial charge is 0.465 e. The van der Waals surface area contributed by atoms with Crippen LogP contribution in [0.25, 0.3) is 22.5 Å². The Labute approximate surface area is 159 Å². The Balaban J connectivity index is 1.41. The van der Waals surface area contributed by atoms with Crippen LogP contribution in [0.4, 0.5) is 0 Å².